The first-order valence-electron chi connectivity index (χ1n) is 7.59. The second kappa shape index (κ2) is 6.52. The van der Waals surface area contributed by atoms with Crippen LogP contribution in [0.1, 0.15) is 30.8 Å². The molecule has 1 aliphatic rings. The fourth-order valence-corrected chi connectivity index (χ4v) is 3.41. The molecular formula is C16H20N4OS. The van der Waals surface area contributed by atoms with Gasteiger partial charge in [-0.1, -0.05) is 31.2 Å². The first-order chi connectivity index (χ1) is 10.6. The van der Waals surface area contributed by atoms with Crippen LogP contribution in [0, 0.1) is 5.92 Å². The highest BCUT2D eigenvalue weighted by Gasteiger charge is 2.25. The number of nitrogens with zero attached hydrogens (tertiary/aromatic N) is 4. The summed E-state index contributed by atoms with van der Waals surface area (Å²) >= 11 is 1.79. The van der Waals surface area contributed by atoms with Gasteiger partial charge in [-0.2, -0.15) is 0 Å². The number of fused-ring (bicyclic) bond motifs is 1. The number of rotatable bonds is 4. The molecule has 0 atom stereocenters. The van der Waals surface area contributed by atoms with Crippen LogP contribution in [-0.4, -0.2) is 33.2 Å². The zero-order valence-corrected chi connectivity index (χ0v) is 13.7. The minimum atomic E-state index is -0.0662. The number of aryl methyl sites for hydroxylation is 1. The molecule has 0 bridgehead atoms. The largest absolute Gasteiger partial charge is 0.305 e. The van der Waals surface area contributed by atoms with E-state index in [1.165, 1.54) is 0 Å². The Labute approximate surface area is 134 Å². The third kappa shape index (κ3) is 3.16. The summed E-state index contributed by atoms with van der Waals surface area (Å²) in [6, 6.07) is 8.01. The van der Waals surface area contributed by atoms with E-state index in [0.29, 0.717) is 18.2 Å². The van der Waals surface area contributed by atoms with E-state index >= 15 is 0 Å². The van der Waals surface area contributed by atoms with E-state index in [-0.39, 0.29) is 5.91 Å². The van der Waals surface area contributed by atoms with Crippen molar-refractivity contribution in [1.29, 1.82) is 0 Å². The van der Waals surface area contributed by atoms with E-state index < -0.39 is 0 Å². The number of thioether (sulfide) groups is 1. The monoisotopic (exact) mass is 316 g/mol. The number of carbonyl (C=O) groups excluding carboxylic acids is 1. The van der Waals surface area contributed by atoms with E-state index in [0.717, 1.165) is 29.3 Å². The number of benzene rings is 1. The summed E-state index contributed by atoms with van der Waals surface area (Å²) in [6.45, 7) is 5.85. The molecule has 2 aromatic rings. The van der Waals surface area contributed by atoms with Crippen LogP contribution in [0.25, 0.3) is 0 Å². The molecule has 116 valence electrons. The van der Waals surface area contributed by atoms with E-state index in [4.69, 9.17) is 0 Å². The van der Waals surface area contributed by atoms with Crippen LogP contribution < -0.4 is 4.90 Å². The van der Waals surface area contributed by atoms with Crippen molar-refractivity contribution in [3.8, 4) is 0 Å². The molecule has 2 heterocycles. The number of anilines is 1. The molecule has 0 unspecified atom stereocenters. The Morgan fingerprint density at radius 3 is 3.00 bits per heavy atom. The van der Waals surface area contributed by atoms with Crippen molar-refractivity contribution in [3.05, 3.63) is 36.2 Å². The number of aromatic nitrogens is 3. The maximum absolute atomic E-state index is 12.7. The fraction of sp³-hybridized carbons (Fsp3) is 0.438. The zero-order valence-electron chi connectivity index (χ0n) is 12.9. The second-order valence-corrected chi connectivity index (χ2v) is 6.96. The van der Waals surface area contributed by atoms with Crippen molar-refractivity contribution in [3.63, 3.8) is 0 Å². The van der Waals surface area contributed by atoms with E-state index in [1.807, 2.05) is 23.1 Å². The number of carbonyl (C=O) groups is 1. The van der Waals surface area contributed by atoms with Crippen LogP contribution in [0.4, 0.5) is 5.69 Å². The highest BCUT2D eigenvalue weighted by Crippen LogP contribution is 2.34. The molecule has 1 aliphatic heterocycles. The van der Waals surface area contributed by atoms with Gasteiger partial charge >= 0.3 is 0 Å². The van der Waals surface area contributed by atoms with Gasteiger partial charge in [-0.3, -0.25) is 9.48 Å². The van der Waals surface area contributed by atoms with Crippen LogP contribution in [0.3, 0.4) is 0 Å². The van der Waals surface area contributed by atoms with Gasteiger partial charge in [0.1, 0.15) is 0 Å². The van der Waals surface area contributed by atoms with Crippen molar-refractivity contribution in [1.82, 2.24) is 15.0 Å². The fourth-order valence-electron chi connectivity index (χ4n) is 2.41. The van der Waals surface area contributed by atoms with Crippen molar-refractivity contribution >= 4 is 23.4 Å². The maximum atomic E-state index is 12.7. The number of hydrogen-bond acceptors (Lipinski definition) is 4. The Hall–Kier alpha value is -1.82. The van der Waals surface area contributed by atoms with Crippen molar-refractivity contribution in [2.24, 2.45) is 5.92 Å². The minimum Gasteiger partial charge on any atom is -0.305 e. The average molecular weight is 316 g/mol. The average Bonchev–Trinajstić information content (AvgIpc) is 3.00. The molecule has 1 aromatic heterocycles. The van der Waals surface area contributed by atoms with Crippen molar-refractivity contribution in [2.45, 2.75) is 31.7 Å². The first-order valence-corrected chi connectivity index (χ1v) is 8.57. The summed E-state index contributed by atoms with van der Waals surface area (Å²) in [5.41, 5.74) is 1.39. The summed E-state index contributed by atoms with van der Waals surface area (Å²) in [7, 11) is 0. The lowest BCUT2D eigenvalue weighted by atomic mass is 10.1. The molecule has 3 rings (SSSR count). The Kier molecular flexibility index (Phi) is 4.47. The normalized spacial score (nSPS) is 14.2. The van der Waals surface area contributed by atoms with Gasteiger partial charge in [0.05, 0.1) is 11.9 Å². The Morgan fingerprint density at radius 2 is 2.18 bits per heavy atom. The second-order valence-electron chi connectivity index (χ2n) is 5.82. The van der Waals surface area contributed by atoms with Gasteiger partial charge in [0, 0.05) is 23.7 Å². The summed E-state index contributed by atoms with van der Waals surface area (Å²) in [5, 5.41) is 8.13. The van der Waals surface area contributed by atoms with Gasteiger partial charge in [0.25, 0.3) is 5.91 Å². The summed E-state index contributed by atoms with van der Waals surface area (Å²) < 4.78 is 1.76. The third-order valence-electron chi connectivity index (χ3n) is 3.67. The van der Waals surface area contributed by atoms with Crippen LogP contribution in [0.15, 0.2) is 35.4 Å². The van der Waals surface area contributed by atoms with Gasteiger partial charge < -0.3 is 4.90 Å². The standard InChI is InChI=1S/C16H20N4OS/c1-12(2)7-8-19-11-13(17-18-19)16(21)20-9-10-22-15-6-4-3-5-14(15)20/h3-6,11-12H,7-10H2,1-2H3. The van der Waals surface area contributed by atoms with Crippen LogP contribution in [0.2, 0.25) is 0 Å². The topological polar surface area (TPSA) is 51.0 Å². The van der Waals surface area contributed by atoms with Gasteiger partial charge in [0.2, 0.25) is 0 Å². The first kappa shape index (κ1) is 15.1. The molecule has 0 spiro atoms. The molecule has 0 N–H and O–H groups in total. The van der Waals surface area contributed by atoms with Crippen LogP contribution in [-0.2, 0) is 6.54 Å². The van der Waals surface area contributed by atoms with Crippen LogP contribution >= 0.6 is 11.8 Å². The zero-order chi connectivity index (χ0) is 15.5. The summed E-state index contributed by atoms with van der Waals surface area (Å²) in [4.78, 5) is 15.7. The smallest absolute Gasteiger partial charge is 0.280 e. The third-order valence-corrected chi connectivity index (χ3v) is 4.71. The predicted molar refractivity (Wildman–Crippen MR) is 88.3 cm³/mol. The highest BCUT2D eigenvalue weighted by molar-refractivity contribution is 7.99. The molecule has 5 nitrogen and oxygen atoms in total. The van der Waals surface area contributed by atoms with Crippen LogP contribution in [0.5, 0.6) is 0 Å². The van der Waals surface area contributed by atoms with Gasteiger partial charge in [-0.05, 0) is 24.5 Å². The molecule has 0 saturated heterocycles. The number of amides is 1. The quantitative estimate of drug-likeness (QED) is 0.870. The lowest BCUT2D eigenvalue weighted by Gasteiger charge is -2.28. The highest BCUT2D eigenvalue weighted by atomic mass is 32.2. The molecule has 1 aromatic carbocycles. The summed E-state index contributed by atoms with van der Waals surface area (Å²) in [6.07, 6.45) is 2.79. The molecule has 0 fully saturated rings. The molecule has 0 radical (unpaired) electrons. The maximum Gasteiger partial charge on any atom is 0.280 e. The van der Waals surface area contributed by atoms with Crippen molar-refractivity contribution < 1.29 is 4.79 Å². The minimum absolute atomic E-state index is 0.0662. The predicted octanol–water partition coefficient (Wildman–Crippen LogP) is 3.08. The molecule has 1 amide bonds. The Bertz CT molecular complexity index is 668. The van der Waals surface area contributed by atoms with Crippen molar-refractivity contribution in [2.75, 3.05) is 17.2 Å². The van der Waals surface area contributed by atoms with Gasteiger partial charge in [-0.15, -0.1) is 16.9 Å². The Balaban J connectivity index is 1.77. The lowest BCUT2D eigenvalue weighted by molar-refractivity contribution is 0.0983. The lowest BCUT2D eigenvalue weighted by Crippen LogP contribution is -2.35. The molecule has 22 heavy (non-hydrogen) atoms. The number of para-hydroxylation sites is 1. The van der Waals surface area contributed by atoms with E-state index in [2.05, 4.69) is 30.2 Å². The summed E-state index contributed by atoms with van der Waals surface area (Å²) in [5.74, 6) is 1.45. The van der Waals surface area contributed by atoms with E-state index in [1.54, 1.807) is 22.6 Å². The van der Waals surface area contributed by atoms with Gasteiger partial charge in [0.15, 0.2) is 5.69 Å². The molecule has 0 aliphatic carbocycles. The number of hydrogen-bond donors (Lipinski definition) is 0. The SMILES string of the molecule is CC(C)CCn1cc(C(=O)N2CCSc3ccccc32)nn1. The van der Waals surface area contributed by atoms with Gasteiger partial charge in [-0.25, -0.2) is 0 Å². The Morgan fingerprint density at radius 1 is 1.36 bits per heavy atom. The molecule has 0 saturated carbocycles. The molecular weight excluding hydrogens is 296 g/mol. The van der Waals surface area contributed by atoms with E-state index in [9.17, 15) is 4.79 Å². The molecule has 6 heteroatoms.